The Bertz CT molecular complexity index is 713. The minimum absolute atomic E-state index is 0.708. The van der Waals surface area contributed by atoms with Crippen molar-refractivity contribution in [3.05, 3.63) is 58.4 Å². The summed E-state index contributed by atoms with van der Waals surface area (Å²) < 4.78 is 0. The molecular formula is C18H19N3. The smallest absolute Gasteiger partial charge is 0.103 e. The van der Waals surface area contributed by atoms with Crippen LogP contribution in [0.1, 0.15) is 34.5 Å². The highest BCUT2D eigenvalue weighted by atomic mass is 15.1. The van der Waals surface area contributed by atoms with Gasteiger partial charge >= 0.3 is 0 Å². The molecule has 1 aromatic heterocycles. The monoisotopic (exact) mass is 277 g/mol. The van der Waals surface area contributed by atoms with E-state index < -0.39 is 0 Å². The van der Waals surface area contributed by atoms with Crippen LogP contribution >= 0.6 is 0 Å². The van der Waals surface area contributed by atoms with Crippen molar-refractivity contribution < 1.29 is 0 Å². The Kier molecular flexibility index (Phi) is 3.62. The third kappa shape index (κ3) is 2.62. The molecule has 1 aliphatic rings. The third-order valence-corrected chi connectivity index (χ3v) is 4.11. The molecule has 2 heterocycles. The Hall–Kier alpha value is -2.34. The Morgan fingerprint density at radius 1 is 1.19 bits per heavy atom. The van der Waals surface area contributed by atoms with Crippen molar-refractivity contribution >= 4 is 5.69 Å². The summed E-state index contributed by atoms with van der Waals surface area (Å²) in [6.07, 6.45) is 2.22. The van der Waals surface area contributed by atoms with Crippen LogP contribution in [0.3, 0.4) is 0 Å². The van der Waals surface area contributed by atoms with Crippen LogP contribution in [-0.2, 0) is 13.0 Å². The average molecular weight is 277 g/mol. The number of benzene rings is 1. The van der Waals surface area contributed by atoms with E-state index in [4.69, 9.17) is 0 Å². The van der Waals surface area contributed by atoms with Gasteiger partial charge in [-0.1, -0.05) is 24.3 Å². The van der Waals surface area contributed by atoms with Gasteiger partial charge in [0.05, 0.1) is 16.9 Å². The fraction of sp³-hybridized carbons (Fsp3) is 0.333. The van der Waals surface area contributed by atoms with Crippen LogP contribution in [0.2, 0.25) is 0 Å². The van der Waals surface area contributed by atoms with E-state index >= 15 is 0 Å². The maximum Gasteiger partial charge on any atom is 0.103 e. The van der Waals surface area contributed by atoms with Crippen molar-refractivity contribution in [2.75, 3.05) is 11.4 Å². The summed E-state index contributed by atoms with van der Waals surface area (Å²) in [7, 11) is 0. The molecule has 3 nitrogen and oxygen atoms in total. The fourth-order valence-electron chi connectivity index (χ4n) is 3.10. The molecule has 3 heteroatoms. The molecule has 0 aliphatic carbocycles. The van der Waals surface area contributed by atoms with Gasteiger partial charge in [0.1, 0.15) is 6.07 Å². The van der Waals surface area contributed by atoms with E-state index in [9.17, 15) is 5.26 Å². The Labute approximate surface area is 125 Å². The fourth-order valence-corrected chi connectivity index (χ4v) is 3.10. The molecule has 0 atom stereocenters. The number of rotatable bonds is 1. The molecular weight excluding hydrogens is 258 g/mol. The normalized spacial score (nSPS) is 14.2. The summed E-state index contributed by atoms with van der Waals surface area (Å²) >= 11 is 0. The van der Waals surface area contributed by atoms with Crippen molar-refractivity contribution in [3.63, 3.8) is 0 Å². The molecule has 0 saturated heterocycles. The molecule has 0 radical (unpaired) electrons. The molecule has 0 saturated carbocycles. The summed E-state index contributed by atoms with van der Waals surface area (Å²) in [6, 6.07) is 13.0. The Morgan fingerprint density at radius 3 is 2.71 bits per heavy atom. The largest absolute Gasteiger partial charge is 0.366 e. The number of fused-ring (bicyclic) bond motifs is 1. The number of hydrogen-bond donors (Lipinski definition) is 0. The van der Waals surface area contributed by atoms with Crippen LogP contribution in [0, 0.1) is 25.2 Å². The van der Waals surface area contributed by atoms with Gasteiger partial charge in [-0.3, -0.25) is 4.98 Å². The Morgan fingerprint density at radius 2 is 1.95 bits per heavy atom. The summed E-state index contributed by atoms with van der Waals surface area (Å²) in [4.78, 5) is 6.74. The van der Waals surface area contributed by atoms with Crippen LogP contribution in [0.15, 0.2) is 30.3 Å². The Balaban J connectivity index is 2.04. The molecule has 0 unspecified atom stereocenters. The van der Waals surface area contributed by atoms with Crippen molar-refractivity contribution in [1.29, 1.82) is 5.26 Å². The van der Waals surface area contributed by atoms with Crippen molar-refractivity contribution in [2.24, 2.45) is 0 Å². The third-order valence-electron chi connectivity index (χ3n) is 4.11. The molecule has 0 bridgehead atoms. The highest BCUT2D eigenvalue weighted by molar-refractivity contribution is 5.62. The molecule has 3 rings (SSSR count). The van der Waals surface area contributed by atoms with E-state index in [0.717, 1.165) is 43.0 Å². The van der Waals surface area contributed by atoms with Crippen LogP contribution in [-0.4, -0.2) is 11.5 Å². The van der Waals surface area contributed by atoms with Crippen molar-refractivity contribution in [3.8, 4) is 6.07 Å². The minimum Gasteiger partial charge on any atom is -0.366 e. The van der Waals surface area contributed by atoms with Crippen molar-refractivity contribution in [1.82, 2.24) is 4.98 Å². The predicted molar refractivity (Wildman–Crippen MR) is 84.2 cm³/mol. The summed E-state index contributed by atoms with van der Waals surface area (Å²) in [6.45, 7) is 5.75. The molecule has 0 fully saturated rings. The van der Waals surface area contributed by atoms with Gasteiger partial charge < -0.3 is 4.90 Å². The number of pyridine rings is 1. The minimum atomic E-state index is 0.708. The molecule has 2 aromatic rings. The van der Waals surface area contributed by atoms with E-state index in [2.05, 4.69) is 40.2 Å². The maximum atomic E-state index is 9.47. The highest BCUT2D eigenvalue weighted by Gasteiger charge is 2.18. The van der Waals surface area contributed by atoms with E-state index in [0.29, 0.717) is 5.56 Å². The number of anilines is 1. The van der Waals surface area contributed by atoms with E-state index in [1.807, 2.05) is 19.9 Å². The second kappa shape index (κ2) is 5.57. The highest BCUT2D eigenvalue weighted by Crippen LogP contribution is 2.28. The zero-order chi connectivity index (χ0) is 14.8. The lowest BCUT2D eigenvalue weighted by Gasteiger charge is -2.25. The summed E-state index contributed by atoms with van der Waals surface area (Å²) in [5.74, 6) is 0. The predicted octanol–water partition coefficient (Wildman–Crippen LogP) is 3.52. The molecule has 1 aliphatic heterocycles. The lowest BCUT2D eigenvalue weighted by Crippen LogP contribution is -2.24. The van der Waals surface area contributed by atoms with Gasteiger partial charge in [-0.15, -0.1) is 0 Å². The number of nitriles is 1. The van der Waals surface area contributed by atoms with E-state index in [1.165, 1.54) is 11.1 Å². The standard InChI is InChI=1S/C18H19N3/c1-13-10-18(17(11-19)14(2)20-13)21-9-5-8-15-6-3-4-7-16(15)12-21/h3-4,6-7,10H,5,8-9,12H2,1-2H3. The topological polar surface area (TPSA) is 39.9 Å². The first-order valence-electron chi connectivity index (χ1n) is 7.39. The SMILES string of the molecule is Cc1cc(N2CCCc3ccccc3C2)c(C#N)c(C)n1. The lowest BCUT2D eigenvalue weighted by atomic mass is 10.0. The molecule has 21 heavy (non-hydrogen) atoms. The van der Waals surface area contributed by atoms with Gasteiger partial charge in [0.25, 0.3) is 0 Å². The van der Waals surface area contributed by atoms with Crippen LogP contribution in [0.5, 0.6) is 0 Å². The first kappa shape index (κ1) is 13.6. The van der Waals surface area contributed by atoms with E-state index in [1.54, 1.807) is 0 Å². The first-order chi connectivity index (χ1) is 10.2. The molecule has 0 amide bonds. The van der Waals surface area contributed by atoms with Gasteiger partial charge in [-0.05, 0) is 43.9 Å². The number of hydrogen-bond acceptors (Lipinski definition) is 3. The molecule has 1 aromatic carbocycles. The number of aromatic nitrogens is 1. The summed E-state index contributed by atoms with van der Waals surface area (Å²) in [5, 5.41) is 9.47. The van der Waals surface area contributed by atoms with E-state index in [-0.39, 0.29) is 0 Å². The van der Waals surface area contributed by atoms with Crippen LogP contribution in [0.4, 0.5) is 5.69 Å². The molecule has 106 valence electrons. The molecule has 0 N–H and O–H groups in total. The summed E-state index contributed by atoms with van der Waals surface area (Å²) in [5.41, 5.74) is 6.33. The van der Waals surface area contributed by atoms with Gasteiger partial charge in [0, 0.05) is 18.8 Å². The first-order valence-corrected chi connectivity index (χ1v) is 7.39. The van der Waals surface area contributed by atoms with Gasteiger partial charge in [-0.25, -0.2) is 0 Å². The number of aryl methyl sites for hydroxylation is 3. The maximum absolute atomic E-state index is 9.47. The van der Waals surface area contributed by atoms with Crippen molar-refractivity contribution in [2.45, 2.75) is 33.2 Å². The number of nitrogens with zero attached hydrogens (tertiary/aromatic N) is 3. The van der Waals surface area contributed by atoms with Crippen LogP contribution in [0.25, 0.3) is 0 Å². The lowest BCUT2D eigenvalue weighted by molar-refractivity contribution is 0.762. The quantitative estimate of drug-likeness (QED) is 0.800. The van der Waals surface area contributed by atoms with Gasteiger partial charge in [-0.2, -0.15) is 5.26 Å². The zero-order valence-electron chi connectivity index (χ0n) is 12.6. The second-order valence-corrected chi connectivity index (χ2v) is 5.65. The zero-order valence-corrected chi connectivity index (χ0v) is 12.6. The van der Waals surface area contributed by atoms with Gasteiger partial charge in [0.2, 0.25) is 0 Å². The average Bonchev–Trinajstić information content (AvgIpc) is 2.68. The second-order valence-electron chi connectivity index (χ2n) is 5.65. The van der Waals surface area contributed by atoms with Crippen LogP contribution < -0.4 is 4.90 Å². The van der Waals surface area contributed by atoms with Gasteiger partial charge in [0.15, 0.2) is 0 Å². The molecule has 0 spiro atoms.